The molecule has 0 saturated heterocycles. The molecule has 0 aliphatic heterocycles. The van der Waals surface area contributed by atoms with Crippen LogP contribution in [0, 0.1) is 30.5 Å². The van der Waals surface area contributed by atoms with Gasteiger partial charge in [0.25, 0.3) is 0 Å². The van der Waals surface area contributed by atoms with Crippen molar-refractivity contribution in [1.82, 2.24) is 0 Å². The van der Waals surface area contributed by atoms with Crippen LogP contribution in [-0.4, -0.2) is 0 Å². The first-order chi connectivity index (χ1) is 11.1. The maximum atomic E-state index is 14.0. The summed E-state index contributed by atoms with van der Waals surface area (Å²) in [6, 6.07) is 3.81. The van der Waals surface area contributed by atoms with E-state index in [1.807, 2.05) is 12.1 Å². The molecule has 2 aliphatic rings. The number of hydrogen-bond acceptors (Lipinski definition) is 0. The van der Waals surface area contributed by atoms with Crippen LogP contribution in [0.4, 0.5) is 4.39 Å². The van der Waals surface area contributed by atoms with E-state index in [1.165, 1.54) is 37.7 Å². The standard InChI is InChI=1S/C21H26ClF/c1-3-15-5-7-16(8-6-15)17-9-11-18(12-10-17)19-13-4-14(2)21(23)20(19)22/h3-4,11,13,15-17H,1,5-10,12H2,2H3. The minimum atomic E-state index is -0.269. The summed E-state index contributed by atoms with van der Waals surface area (Å²) in [7, 11) is 0. The van der Waals surface area contributed by atoms with Crippen molar-refractivity contribution in [2.75, 3.05) is 0 Å². The van der Waals surface area contributed by atoms with Crippen LogP contribution in [-0.2, 0) is 0 Å². The van der Waals surface area contributed by atoms with Crippen LogP contribution >= 0.6 is 11.6 Å². The molecule has 23 heavy (non-hydrogen) atoms. The Labute approximate surface area is 144 Å². The lowest BCUT2D eigenvalue weighted by atomic mass is 9.71. The van der Waals surface area contributed by atoms with E-state index in [4.69, 9.17) is 11.6 Å². The minimum Gasteiger partial charge on any atom is -0.205 e. The maximum Gasteiger partial charge on any atom is 0.145 e. The topological polar surface area (TPSA) is 0 Å². The van der Waals surface area contributed by atoms with Gasteiger partial charge in [0.2, 0.25) is 0 Å². The summed E-state index contributed by atoms with van der Waals surface area (Å²) in [6.45, 7) is 5.69. The number of hydrogen-bond donors (Lipinski definition) is 0. The van der Waals surface area contributed by atoms with Gasteiger partial charge in [-0.3, -0.25) is 0 Å². The van der Waals surface area contributed by atoms with Crippen LogP contribution in [0.3, 0.4) is 0 Å². The van der Waals surface area contributed by atoms with E-state index < -0.39 is 0 Å². The van der Waals surface area contributed by atoms with Crippen molar-refractivity contribution in [3.63, 3.8) is 0 Å². The second-order valence-electron chi connectivity index (χ2n) is 7.23. The Morgan fingerprint density at radius 3 is 2.48 bits per heavy atom. The zero-order valence-corrected chi connectivity index (χ0v) is 14.7. The molecule has 0 radical (unpaired) electrons. The molecular weight excluding hydrogens is 307 g/mol. The van der Waals surface area contributed by atoms with Crippen molar-refractivity contribution in [3.8, 4) is 0 Å². The number of aryl methyl sites for hydroxylation is 1. The van der Waals surface area contributed by atoms with Crippen LogP contribution in [0.25, 0.3) is 5.57 Å². The summed E-state index contributed by atoms with van der Waals surface area (Å²) in [4.78, 5) is 0. The van der Waals surface area contributed by atoms with Crippen molar-refractivity contribution >= 4 is 17.2 Å². The number of benzene rings is 1. The van der Waals surface area contributed by atoms with Crippen LogP contribution in [0.15, 0.2) is 30.9 Å². The molecule has 124 valence electrons. The monoisotopic (exact) mass is 332 g/mol. The fourth-order valence-corrected chi connectivity index (χ4v) is 4.61. The Balaban J connectivity index is 1.67. The van der Waals surface area contributed by atoms with Crippen molar-refractivity contribution in [2.45, 2.75) is 51.9 Å². The largest absolute Gasteiger partial charge is 0.205 e. The van der Waals surface area contributed by atoms with Gasteiger partial charge in [-0.15, -0.1) is 6.58 Å². The third-order valence-electron chi connectivity index (χ3n) is 5.89. The van der Waals surface area contributed by atoms with E-state index in [9.17, 15) is 4.39 Å². The summed E-state index contributed by atoms with van der Waals surface area (Å²) >= 11 is 6.22. The Morgan fingerprint density at radius 1 is 1.13 bits per heavy atom. The molecule has 0 amide bonds. The van der Waals surface area contributed by atoms with Gasteiger partial charge >= 0.3 is 0 Å². The van der Waals surface area contributed by atoms with Crippen molar-refractivity contribution < 1.29 is 4.39 Å². The molecule has 0 nitrogen and oxygen atoms in total. The summed E-state index contributed by atoms with van der Waals surface area (Å²) in [6.07, 6.45) is 13.1. The SMILES string of the molecule is C=CC1CCC(C2CC=C(c3ccc(C)c(F)c3Cl)CC2)CC1. The molecule has 1 fully saturated rings. The molecule has 1 aromatic rings. The molecule has 0 heterocycles. The fourth-order valence-electron chi connectivity index (χ4n) is 4.27. The summed E-state index contributed by atoms with van der Waals surface area (Å²) in [5.74, 6) is 2.11. The van der Waals surface area contributed by atoms with Crippen molar-refractivity contribution in [1.29, 1.82) is 0 Å². The molecule has 2 heteroatoms. The van der Waals surface area contributed by atoms with Gasteiger partial charge in [-0.2, -0.15) is 0 Å². The van der Waals surface area contributed by atoms with Gasteiger partial charge in [0.15, 0.2) is 0 Å². The molecule has 1 aromatic carbocycles. The smallest absolute Gasteiger partial charge is 0.145 e. The number of halogens is 2. The normalized spacial score (nSPS) is 28.3. The molecule has 3 rings (SSSR count). The lowest BCUT2D eigenvalue weighted by Gasteiger charge is -2.34. The van der Waals surface area contributed by atoms with E-state index in [-0.39, 0.29) is 5.82 Å². The van der Waals surface area contributed by atoms with Gasteiger partial charge in [0.05, 0.1) is 5.02 Å². The Hall–Kier alpha value is -1.08. The Kier molecular flexibility index (Phi) is 5.26. The highest BCUT2D eigenvalue weighted by Crippen LogP contribution is 2.42. The molecule has 0 bridgehead atoms. The average molecular weight is 333 g/mol. The van der Waals surface area contributed by atoms with Crippen LogP contribution in [0.1, 0.15) is 56.1 Å². The first-order valence-corrected chi connectivity index (χ1v) is 9.24. The van der Waals surface area contributed by atoms with Gasteiger partial charge in [-0.25, -0.2) is 4.39 Å². The third kappa shape index (κ3) is 3.55. The predicted molar refractivity (Wildman–Crippen MR) is 97.1 cm³/mol. The second kappa shape index (κ2) is 7.21. The second-order valence-corrected chi connectivity index (χ2v) is 7.61. The summed E-state index contributed by atoms with van der Waals surface area (Å²) < 4.78 is 14.0. The Morgan fingerprint density at radius 2 is 1.87 bits per heavy atom. The first kappa shape index (κ1) is 16.8. The predicted octanol–water partition coefficient (Wildman–Crippen LogP) is 6.96. The first-order valence-electron chi connectivity index (χ1n) is 8.86. The van der Waals surface area contributed by atoms with Gasteiger partial charge in [-0.1, -0.05) is 35.9 Å². The summed E-state index contributed by atoms with van der Waals surface area (Å²) in [5, 5.41) is 0.293. The highest BCUT2D eigenvalue weighted by molar-refractivity contribution is 6.32. The van der Waals surface area contributed by atoms with Crippen molar-refractivity contribution in [2.24, 2.45) is 17.8 Å². The highest BCUT2D eigenvalue weighted by Gasteiger charge is 2.28. The minimum absolute atomic E-state index is 0.269. The molecule has 1 unspecified atom stereocenters. The van der Waals surface area contributed by atoms with E-state index >= 15 is 0 Å². The summed E-state index contributed by atoms with van der Waals surface area (Å²) in [5.41, 5.74) is 2.74. The zero-order valence-electron chi connectivity index (χ0n) is 14.0. The van der Waals surface area contributed by atoms with E-state index in [0.717, 1.165) is 36.2 Å². The molecule has 0 spiro atoms. The van der Waals surface area contributed by atoms with Gasteiger partial charge < -0.3 is 0 Å². The van der Waals surface area contributed by atoms with E-state index in [0.29, 0.717) is 10.6 Å². The maximum absolute atomic E-state index is 14.0. The van der Waals surface area contributed by atoms with Crippen LogP contribution < -0.4 is 0 Å². The van der Waals surface area contributed by atoms with Crippen molar-refractivity contribution in [3.05, 3.63) is 52.8 Å². The molecular formula is C21H26ClF. The zero-order chi connectivity index (χ0) is 16.4. The lowest BCUT2D eigenvalue weighted by molar-refractivity contribution is 0.212. The number of rotatable bonds is 3. The van der Waals surface area contributed by atoms with Crippen LogP contribution in [0.5, 0.6) is 0 Å². The highest BCUT2D eigenvalue weighted by atomic mass is 35.5. The van der Waals surface area contributed by atoms with Crippen LogP contribution in [0.2, 0.25) is 5.02 Å². The molecule has 1 atom stereocenters. The Bertz CT molecular complexity index is 609. The number of allylic oxidation sites excluding steroid dienone is 3. The molecule has 0 aromatic heterocycles. The van der Waals surface area contributed by atoms with Gasteiger partial charge in [0, 0.05) is 0 Å². The lowest BCUT2D eigenvalue weighted by Crippen LogP contribution is -2.22. The van der Waals surface area contributed by atoms with E-state index in [1.54, 1.807) is 6.92 Å². The fraction of sp³-hybridized carbons (Fsp3) is 0.524. The van der Waals surface area contributed by atoms with Gasteiger partial charge in [-0.05, 0) is 86.3 Å². The van der Waals surface area contributed by atoms with E-state index in [2.05, 4.69) is 18.7 Å². The molecule has 1 saturated carbocycles. The third-order valence-corrected chi connectivity index (χ3v) is 6.26. The quantitative estimate of drug-likeness (QED) is 0.524. The molecule has 2 aliphatic carbocycles. The molecule has 0 N–H and O–H groups in total. The van der Waals surface area contributed by atoms with Gasteiger partial charge in [0.1, 0.15) is 5.82 Å². The average Bonchev–Trinajstić information content (AvgIpc) is 2.60.